The van der Waals surface area contributed by atoms with Gasteiger partial charge in [0.2, 0.25) is 17.7 Å². The maximum absolute atomic E-state index is 14.3. The van der Waals surface area contributed by atoms with Crippen molar-refractivity contribution in [1.82, 2.24) is 14.7 Å². The predicted molar refractivity (Wildman–Crippen MR) is 154 cm³/mol. The number of allylic oxidation sites excluding steroid dienone is 1. The minimum atomic E-state index is -1.43. The van der Waals surface area contributed by atoms with Crippen molar-refractivity contribution >= 4 is 23.7 Å². The predicted octanol–water partition coefficient (Wildman–Crippen LogP) is 2.24. The van der Waals surface area contributed by atoms with E-state index in [1.165, 1.54) is 4.90 Å². The van der Waals surface area contributed by atoms with E-state index >= 15 is 0 Å². The number of hydrogen-bond donors (Lipinski definition) is 1. The molecule has 1 N–H and O–H groups in total. The van der Waals surface area contributed by atoms with E-state index in [0.717, 1.165) is 5.56 Å². The van der Waals surface area contributed by atoms with Gasteiger partial charge in [0, 0.05) is 26.1 Å². The van der Waals surface area contributed by atoms with E-state index in [-0.39, 0.29) is 30.9 Å². The van der Waals surface area contributed by atoms with E-state index in [1.54, 1.807) is 42.0 Å². The van der Waals surface area contributed by atoms with Crippen LogP contribution in [-0.4, -0.2) is 99.6 Å². The van der Waals surface area contributed by atoms with Gasteiger partial charge in [0.05, 0.1) is 30.7 Å². The van der Waals surface area contributed by atoms with Gasteiger partial charge in [-0.3, -0.25) is 19.2 Å². The highest BCUT2D eigenvalue weighted by atomic mass is 16.6. The summed E-state index contributed by atoms with van der Waals surface area (Å²) in [6.45, 7) is 7.32. The fourth-order valence-corrected chi connectivity index (χ4v) is 6.87. The second-order valence-electron chi connectivity index (χ2n) is 12.1. The van der Waals surface area contributed by atoms with Crippen LogP contribution >= 0.6 is 0 Å². The standard InChI is InChI=1S/C32H41N3O7/c1-19(2)34-17-11-16-32-26(29(38)35(20(3)18-36)28(32)30(34)39)25-23(42-32)14-9-10-15-24(37)33(5)21(4)27(41-31(25)40)22-12-7-6-8-13-22/h6-9,11-14,16,19-21,23,25-28,36H,10,15,17-18H2,1-5H3/b14-9-/t20-,21+,23+,25-,26-,27-,28+,32-/m1/s1. The van der Waals surface area contributed by atoms with Crippen LogP contribution in [0, 0.1) is 11.8 Å². The molecule has 4 heterocycles. The summed E-state index contributed by atoms with van der Waals surface area (Å²) in [5.41, 5.74) is -0.709. The molecule has 10 heteroatoms. The van der Waals surface area contributed by atoms with Gasteiger partial charge >= 0.3 is 5.97 Å². The van der Waals surface area contributed by atoms with Crippen LogP contribution in [0.5, 0.6) is 0 Å². The zero-order valence-electron chi connectivity index (χ0n) is 24.9. The van der Waals surface area contributed by atoms with Gasteiger partial charge in [0.1, 0.15) is 23.7 Å². The summed E-state index contributed by atoms with van der Waals surface area (Å²) in [5.74, 6) is -3.52. The molecule has 3 amide bonds. The van der Waals surface area contributed by atoms with Crippen molar-refractivity contribution in [2.24, 2.45) is 11.8 Å². The molecule has 4 aliphatic rings. The number of nitrogens with zero attached hydrogens (tertiary/aromatic N) is 3. The molecular weight excluding hydrogens is 538 g/mol. The summed E-state index contributed by atoms with van der Waals surface area (Å²) in [6.07, 6.45) is 6.14. The molecule has 0 saturated carbocycles. The first-order valence-corrected chi connectivity index (χ1v) is 14.8. The number of fused-ring (bicyclic) bond motifs is 2. The number of ether oxygens (including phenoxy) is 2. The molecule has 4 aliphatic heterocycles. The highest BCUT2D eigenvalue weighted by Gasteiger charge is 2.72. The molecule has 1 spiro atoms. The van der Waals surface area contributed by atoms with Crippen LogP contribution in [0.15, 0.2) is 54.6 Å². The number of carbonyl (C=O) groups excluding carboxylic acids is 4. The Balaban J connectivity index is 1.63. The monoisotopic (exact) mass is 579 g/mol. The molecule has 5 rings (SSSR count). The Kier molecular flexibility index (Phi) is 8.31. The zero-order valence-corrected chi connectivity index (χ0v) is 24.9. The average molecular weight is 580 g/mol. The molecule has 0 bridgehead atoms. The van der Waals surface area contributed by atoms with Crippen molar-refractivity contribution in [1.29, 1.82) is 0 Å². The Hall–Kier alpha value is -3.50. The number of amides is 3. The van der Waals surface area contributed by atoms with Crippen LogP contribution in [0.4, 0.5) is 0 Å². The lowest BCUT2D eigenvalue weighted by molar-refractivity contribution is -0.164. The van der Waals surface area contributed by atoms with Crippen LogP contribution in [0.1, 0.15) is 52.2 Å². The Morgan fingerprint density at radius 2 is 1.76 bits per heavy atom. The highest BCUT2D eigenvalue weighted by molar-refractivity contribution is 5.99. The lowest BCUT2D eigenvalue weighted by atomic mass is 9.77. The second-order valence-corrected chi connectivity index (χ2v) is 12.1. The Labute approximate surface area is 246 Å². The van der Waals surface area contributed by atoms with E-state index in [9.17, 15) is 24.3 Å². The van der Waals surface area contributed by atoms with Gasteiger partial charge in [-0.15, -0.1) is 0 Å². The molecule has 2 fully saturated rings. The van der Waals surface area contributed by atoms with Crippen LogP contribution < -0.4 is 0 Å². The molecule has 42 heavy (non-hydrogen) atoms. The van der Waals surface area contributed by atoms with Gasteiger partial charge in [-0.2, -0.15) is 0 Å². The molecule has 1 aromatic carbocycles. The maximum atomic E-state index is 14.3. The SMILES string of the molecule is CC(C)N1CC=C[C@@]23O[C@H]4/C=C\CCC(=O)N(C)[C@@H](C)[C@H](c5ccccc5)OC(=O)[C@H]4[C@@H]2C(=O)N([C@H](C)CO)[C@H]3C1=O. The molecule has 8 atom stereocenters. The Morgan fingerprint density at radius 3 is 2.43 bits per heavy atom. The first kappa shape index (κ1) is 30.0. The minimum absolute atomic E-state index is 0.0843. The first-order chi connectivity index (χ1) is 20.0. The van der Waals surface area contributed by atoms with Crippen molar-refractivity contribution in [3.63, 3.8) is 0 Å². The molecule has 0 radical (unpaired) electrons. The third kappa shape index (κ3) is 4.84. The molecule has 0 unspecified atom stereocenters. The average Bonchev–Trinajstić information content (AvgIpc) is 3.37. The summed E-state index contributed by atoms with van der Waals surface area (Å²) >= 11 is 0. The molecule has 1 aromatic rings. The molecular formula is C32H41N3O7. The summed E-state index contributed by atoms with van der Waals surface area (Å²) in [6, 6.07) is 6.88. The minimum Gasteiger partial charge on any atom is -0.455 e. The summed E-state index contributed by atoms with van der Waals surface area (Å²) in [7, 11) is 1.70. The first-order valence-electron chi connectivity index (χ1n) is 14.8. The Morgan fingerprint density at radius 1 is 1.05 bits per heavy atom. The zero-order chi connectivity index (χ0) is 30.3. The third-order valence-electron chi connectivity index (χ3n) is 9.26. The maximum Gasteiger partial charge on any atom is 0.313 e. The van der Waals surface area contributed by atoms with E-state index in [2.05, 4.69) is 0 Å². The number of cyclic esters (lactones) is 1. The van der Waals surface area contributed by atoms with Crippen molar-refractivity contribution in [3.8, 4) is 0 Å². The summed E-state index contributed by atoms with van der Waals surface area (Å²) < 4.78 is 12.9. The lowest BCUT2D eigenvalue weighted by Gasteiger charge is -2.38. The van der Waals surface area contributed by atoms with E-state index < -0.39 is 59.6 Å². The normalized spacial score (nSPS) is 35.2. The number of likely N-dealkylation sites (N-methyl/N-ethyl adjacent to an activating group) is 1. The largest absolute Gasteiger partial charge is 0.455 e. The van der Waals surface area contributed by atoms with Gasteiger partial charge in [-0.1, -0.05) is 54.6 Å². The third-order valence-corrected chi connectivity index (χ3v) is 9.26. The number of aliphatic hydroxyl groups is 1. The summed E-state index contributed by atoms with van der Waals surface area (Å²) in [5, 5.41) is 10.1. The van der Waals surface area contributed by atoms with Gasteiger partial charge in [-0.05, 0) is 39.7 Å². The number of benzene rings is 1. The van der Waals surface area contributed by atoms with Crippen LogP contribution in [0.2, 0.25) is 0 Å². The smallest absolute Gasteiger partial charge is 0.313 e. The highest BCUT2D eigenvalue weighted by Crippen LogP contribution is 2.54. The molecule has 0 aliphatic carbocycles. The van der Waals surface area contributed by atoms with Gasteiger partial charge in [0.25, 0.3) is 0 Å². The van der Waals surface area contributed by atoms with Gasteiger partial charge < -0.3 is 29.3 Å². The van der Waals surface area contributed by atoms with Gasteiger partial charge in [-0.25, -0.2) is 0 Å². The fourth-order valence-electron chi connectivity index (χ4n) is 6.87. The number of hydrogen-bond acceptors (Lipinski definition) is 7. The van der Waals surface area contributed by atoms with E-state index in [4.69, 9.17) is 9.47 Å². The Bertz CT molecular complexity index is 1280. The number of aliphatic hydroxyl groups excluding tert-OH is 1. The van der Waals surface area contributed by atoms with Crippen molar-refractivity contribution in [2.75, 3.05) is 20.2 Å². The molecule has 10 nitrogen and oxygen atoms in total. The lowest BCUT2D eigenvalue weighted by Crippen LogP contribution is -2.58. The van der Waals surface area contributed by atoms with E-state index in [0.29, 0.717) is 13.0 Å². The molecule has 2 saturated heterocycles. The summed E-state index contributed by atoms with van der Waals surface area (Å²) in [4.78, 5) is 60.4. The molecule has 226 valence electrons. The number of carbonyl (C=O) groups is 4. The quantitative estimate of drug-likeness (QED) is 0.430. The fraction of sp³-hybridized carbons (Fsp3) is 0.562. The van der Waals surface area contributed by atoms with Crippen molar-refractivity contribution in [3.05, 3.63) is 60.2 Å². The van der Waals surface area contributed by atoms with E-state index in [1.807, 2.05) is 57.2 Å². The van der Waals surface area contributed by atoms with Gasteiger partial charge in [0.15, 0.2) is 0 Å². The van der Waals surface area contributed by atoms with Crippen molar-refractivity contribution < 1.29 is 33.8 Å². The topological polar surface area (TPSA) is 117 Å². The van der Waals surface area contributed by atoms with Crippen LogP contribution in [0.25, 0.3) is 0 Å². The second kappa shape index (κ2) is 11.6. The molecule has 0 aromatic heterocycles. The number of esters is 1. The van der Waals surface area contributed by atoms with Crippen LogP contribution in [-0.2, 0) is 28.7 Å². The number of rotatable bonds is 4. The number of likely N-dealkylation sites (tertiary alicyclic amines) is 1. The van der Waals surface area contributed by atoms with Crippen molar-refractivity contribution in [2.45, 2.75) is 82.5 Å². The van der Waals surface area contributed by atoms with Crippen LogP contribution in [0.3, 0.4) is 0 Å².